The SMILES string of the molecule is CNC(CO)CN(C)CCN1CCCC1. The van der Waals surface area contributed by atoms with Crippen LogP contribution in [-0.2, 0) is 0 Å². The van der Waals surface area contributed by atoms with Crippen molar-refractivity contribution in [3.63, 3.8) is 0 Å². The van der Waals surface area contributed by atoms with E-state index in [1.807, 2.05) is 7.05 Å². The molecule has 4 heteroatoms. The van der Waals surface area contributed by atoms with Crippen molar-refractivity contribution >= 4 is 0 Å². The van der Waals surface area contributed by atoms with Gasteiger partial charge in [0.15, 0.2) is 0 Å². The Labute approximate surface area is 93.2 Å². The van der Waals surface area contributed by atoms with E-state index < -0.39 is 0 Å². The van der Waals surface area contributed by atoms with E-state index in [0.29, 0.717) is 0 Å². The lowest BCUT2D eigenvalue weighted by atomic mass is 10.3. The van der Waals surface area contributed by atoms with Crippen molar-refractivity contribution in [2.24, 2.45) is 0 Å². The van der Waals surface area contributed by atoms with Crippen molar-refractivity contribution in [1.29, 1.82) is 0 Å². The molecule has 15 heavy (non-hydrogen) atoms. The van der Waals surface area contributed by atoms with Crippen molar-refractivity contribution in [1.82, 2.24) is 15.1 Å². The summed E-state index contributed by atoms with van der Waals surface area (Å²) in [5, 5.41) is 12.2. The molecule has 1 aliphatic rings. The van der Waals surface area contributed by atoms with Crippen LogP contribution in [0.15, 0.2) is 0 Å². The van der Waals surface area contributed by atoms with Gasteiger partial charge in [0, 0.05) is 25.7 Å². The Balaban J connectivity index is 2.08. The lowest BCUT2D eigenvalue weighted by Gasteiger charge is -2.24. The summed E-state index contributed by atoms with van der Waals surface area (Å²) in [4.78, 5) is 4.81. The maximum Gasteiger partial charge on any atom is 0.0597 e. The minimum atomic E-state index is 0.202. The first-order valence-electron chi connectivity index (χ1n) is 5.95. The lowest BCUT2D eigenvalue weighted by Crippen LogP contribution is -2.42. The third-order valence-electron chi connectivity index (χ3n) is 3.16. The minimum Gasteiger partial charge on any atom is -0.395 e. The van der Waals surface area contributed by atoms with Gasteiger partial charge in [-0.05, 0) is 40.0 Å². The molecule has 1 rings (SSSR count). The average Bonchev–Trinajstić information content (AvgIpc) is 2.75. The van der Waals surface area contributed by atoms with E-state index >= 15 is 0 Å². The van der Waals surface area contributed by atoms with Crippen LogP contribution in [0.2, 0.25) is 0 Å². The number of hydrogen-bond acceptors (Lipinski definition) is 4. The third-order valence-corrected chi connectivity index (χ3v) is 3.16. The van der Waals surface area contributed by atoms with Crippen LogP contribution in [0.1, 0.15) is 12.8 Å². The molecule has 0 aliphatic carbocycles. The van der Waals surface area contributed by atoms with Gasteiger partial charge in [-0.15, -0.1) is 0 Å². The summed E-state index contributed by atoms with van der Waals surface area (Å²) in [6, 6.07) is 0.202. The number of aliphatic hydroxyl groups excluding tert-OH is 1. The second-order valence-corrected chi connectivity index (χ2v) is 4.48. The van der Waals surface area contributed by atoms with Crippen LogP contribution in [0, 0.1) is 0 Å². The molecule has 1 heterocycles. The van der Waals surface area contributed by atoms with Crippen LogP contribution < -0.4 is 5.32 Å². The Morgan fingerprint density at radius 1 is 1.40 bits per heavy atom. The Morgan fingerprint density at radius 3 is 2.60 bits per heavy atom. The van der Waals surface area contributed by atoms with Crippen LogP contribution >= 0.6 is 0 Å². The molecule has 1 unspecified atom stereocenters. The predicted octanol–water partition coefficient (Wildman–Crippen LogP) is -0.406. The third kappa shape index (κ3) is 4.93. The van der Waals surface area contributed by atoms with Gasteiger partial charge < -0.3 is 20.2 Å². The van der Waals surface area contributed by atoms with Crippen molar-refractivity contribution in [3.8, 4) is 0 Å². The maximum absolute atomic E-state index is 9.06. The molecule has 0 aromatic heterocycles. The highest BCUT2D eigenvalue weighted by Crippen LogP contribution is 2.06. The fourth-order valence-electron chi connectivity index (χ4n) is 2.03. The standard InChI is InChI=1S/C11H25N3O/c1-12-11(10-15)9-13(2)7-8-14-5-3-4-6-14/h11-12,15H,3-10H2,1-2H3. The normalized spacial score (nSPS) is 20.0. The molecule has 90 valence electrons. The zero-order valence-electron chi connectivity index (χ0n) is 10.1. The highest BCUT2D eigenvalue weighted by atomic mass is 16.3. The van der Waals surface area contributed by atoms with Crippen LogP contribution in [0.25, 0.3) is 0 Å². The molecule has 0 bridgehead atoms. The van der Waals surface area contributed by atoms with Gasteiger partial charge in [-0.1, -0.05) is 0 Å². The average molecular weight is 215 g/mol. The molecule has 0 spiro atoms. The second-order valence-electron chi connectivity index (χ2n) is 4.48. The largest absolute Gasteiger partial charge is 0.395 e. The van der Waals surface area contributed by atoms with Crippen LogP contribution in [0.5, 0.6) is 0 Å². The van der Waals surface area contributed by atoms with E-state index in [2.05, 4.69) is 22.2 Å². The van der Waals surface area contributed by atoms with Gasteiger partial charge in [-0.25, -0.2) is 0 Å². The monoisotopic (exact) mass is 215 g/mol. The highest BCUT2D eigenvalue weighted by Gasteiger charge is 2.13. The maximum atomic E-state index is 9.06. The first-order valence-corrected chi connectivity index (χ1v) is 5.95. The molecule has 0 radical (unpaired) electrons. The first kappa shape index (κ1) is 12.9. The molecule has 1 fully saturated rings. The number of hydrogen-bond donors (Lipinski definition) is 2. The minimum absolute atomic E-state index is 0.202. The van der Waals surface area contributed by atoms with Gasteiger partial charge in [0.25, 0.3) is 0 Å². The van der Waals surface area contributed by atoms with Crippen LogP contribution in [0.3, 0.4) is 0 Å². The van der Waals surface area contributed by atoms with E-state index in [0.717, 1.165) is 13.1 Å². The number of rotatable bonds is 7. The number of likely N-dealkylation sites (tertiary alicyclic amines) is 1. The predicted molar refractivity (Wildman–Crippen MR) is 63.1 cm³/mol. The molecular formula is C11H25N3O. The molecule has 0 aromatic carbocycles. The Kier molecular flexibility index (Phi) is 6.17. The molecule has 0 aromatic rings. The Morgan fingerprint density at radius 2 is 2.07 bits per heavy atom. The summed E-state index contributed by atoms with van der Waals surface area (Å²) in [6.45, 7) is 5.93. The summed E-state index contributed by atoms with van der Waals surface area (Å²) >= 11 is 0. The molecule has 1 saturated heterocycles. The van der Waals surface area contributed by atoms with Gasteiger partial charge >= 0.3 is 0 Å². The zero-order chi connectivity index (χ0) is 11.1. The number of nitrogens with one attached hydrogen (secondary N) is 1. The first-order chi connectivity index (χ1) is 7.26. The fourth-order valence-corrected chi connectivity index (χ4v) is 2.03. The zero-order valence-corrected chi connectivity index (χ0v) is 10.1. The highest BCUT2D eigenvalue weighted by molar-refractivity contribution is 4.71. The van der Waals surface area contributed by atoms with E-state index in [1.54, 1.807) is 0 Å². The number of aliphatic hydroxyl groups is 1. The fraction of sp³-hybridized carbons (Fsp3) is 1.00. The van der Waals surface area contributed by atoms with Gasteiger partial charge in [-0.3, -0.25) is 0 Å². The van der Waals surface area contributed by atoms with Gasteiger partial charge in [0.05, 0.1) is 6.61 Å². The van der Waals surface area contributed by atoms with Crippen molar-refractivity contribution in [3.05, 3.63) is 0 Å². The smallest absolute Gasteiger partial charge is 0.0597 e. The van der Waals surface area contributed by atoms with Crippen molar-refractivity contribution in [2.75, 3.05) is 53.4 Å². The van der Waals surface area contributed by atoms with E-state index in [4.69, 9.17) is 5.11 Å². The Hall–Kier alpha value is -0.160. The van der Waals surface area contributed by atoms with E-state index in [9.17, 15) is 0 Å². The molecule has 0 amide bonds. The van der Waals surface area contributed by atoms with Crippen LogP contribution in [-0.4, -0.2) is 74.4 Å². The van der Waals surface area contributed by atoms with Gasteiger partial charge in [0.1, 0.15) is 0 Å². The van der Waals surface area contributed by atoms with Crippen LogP contribution in [0.4, 0.5) is 0 Å². The number of likely N-dealkylation sites (N-methyl/N-ethyl adjacent to an activating group) is 2. The molecule has 1 aliphatic heterocycles. The van der Waals surface area contributed by atoms with Gasteiger partial charge in [-0.2, -0.15) is 0 Å². The molecule has 4 nitrogen and oxygen atoms in total. The van der Waals surface area contributed by atoms with Gasteiger partial charge in [0.2, 0.25) is 0 Å². The Bertz CT molecular complexity index is 156. The summed E-state index contributed by atoms with van der Waals surface area (Å²) in [7, 11) is 4.02. The summed E-state index contributed by atoms with van der Waals surface area (Å²) in [6.07, 6.45) is 2.72. The molecule has 2 N–H and O–H groups in total. The van der Waals surface area contributed by atoms with Crippen molar-refractivity contribution < 1.29 is 5.11 Å². The summed E-state index contributed by atoms with van der Waals surface area (Å²) in [5.41, 5.74) is 0. The lowest BCUT2D eigenvalue weighted by molar-refractivity contribution is 0.191. The summed E-state index contributed by atoms with van der Waals surface area (Å²) < 4.78 is 0. The van der Waals surface area contributed by atoms with E-state index in [1.165, 1.54) is 32.5 Å². The quantitative estimate of drug-likeness (QED) is 0.606. The summed E-state index contributed by atoms with van der Waals surface area (Å²) in [5.74, 6) is 0. The van der Waals surface area contributed by atoms with E-state index in [-0.39, 0.29) is 12.6 Å². The molecule has 0 saturated carbocycles. The topological polar surface area (TPSA) is 38.7 Å². The van der Waals surface area contributed by atoms with Crippen molar-refractivity contribution in [2.45, 2.75) is 18.9 Å². The molecule has 1 atom stereocenters. The second kappa shape index (κ2) is 7.17. The number of nitrogens with zero attached hydrogens (tertiary/aromatic N) is 2. The molecular weight excluding hydrogens is 190 g/mol.